The molecule has 0 aliphatic carbocycles. The van der Waals surface area contributed by atoms with Crippen molar-refractivity contribution in [1.29, 1.82) is 0 Å². The summed E-state index contributed by atoms with van der Waals surface area (Å²) in [6, 6.07) is 13.1. The molecule has 0 saturated carbocycles. The minimum atomic E-state index is 0.233. The zero-order valence-electron chi connectivity index (χ0n) is 12.7. The molecule has 0 saturated heterocycles. The molecule has 2 rings (SSSR count). The summed E-state index contributed by atoms with van der Waals surface area (Å²) in [6.07, 6.45) is 0.942. The van der Waals surface area contributed by atoms with Crippen molar-refractivity contribution in [2.45, 2.75) is 33.2 Å². The maximum Gasteiger partial charge on any atom is 0.0465 e. The number of halogens is 2. The predicted octanol–water partition coefficient (Wildman–Crippen LogP) is 5.61. The summed E-state index contributed by atoms with van der Waals surface area (Å²) in [5, 5.41) is 4.35. The van der Waals surface area contributed by atoms with E-state index in [0.29, 0.717) is 0 Å². The minimum absolute atomic E-state index is 0.233. The van der Waals surface area contributed by atoms with E-state index in [1.807, 2.05) is 12.1 Å². The third-order valence-corrected chi connectivity index (χ3v) is 4.33. The largest absolute Gasteiger partial charge is 0.310 e. The topological polar surface area (TPSA) is 12.0 Å². The van der Waals surface area contributed by atoms with Crippen molar-refractivity contribution in [2.75, 3.05) is 6.54 Å². The molecule has 0 aromatic heterocycles. The van der Waals surface area contributed by atoms with Crippen LogP contribution in [0.3, 0.4) is 0 Å². The van der Waals surface area contributed by atoms with E-state index in [1.165, 1.54) is 16.7 Å². The van der Waals surface area contributed by atoms with E-state index < -0.39 is 0 Å². The number of rotatable bonds is 5. The van der Waals surface area contributed by atoms with Crippen molar-refractivity contribution in [3.63, 3.8) is 0 Å². The number of hydrogen-bond acceptors (Lipinski definition) is 1. The fourth-order valence-electron chi connectivity index (χ4n) is 2.75. The molecule has 112 valence electrons. The highest BCUT2D eigenvalue weighted by Gasteiger charge is 2.15. The normalized spacial score (nSPS) is 12.4. The van der Waals surface area contributed by atoms with Crippen LogP contribution in [0.1, 0.15) is 35.2 Å². The van der Waals surface area contributed by atoms with Gasteiger partial charge in [0.25, 0.3) is 0 Å². The molecule has 0 radical (unpaired) electrons. The van der Waals surface area contributed by atoms with Crippen LogP contribution >= 0.6 is 27.5 Å². The van der Waals surface area contributed by atoms with Gasteiger partial charge in [-0.25, -0.2) is 0 Å². The molecular formula is C18H21BrClN. The summed E-state index contributed by atoms with van der Waals surface area (Å²) >= 11 is 9.88. The molecule has 0 spiro atoms. The summed E-state index contributed by atoms with van der Waals surface area (Å²) in [7, 11) is 0. The molecule has 1 nitrogen and oxygen atoms in total. The standard InChI is InChI=1S/C18H21BrClN/c1-4-21-18(16-6-5-15(19)11-17(16)20)10-14-8-12(2)7-13(3)9-14/h5-9,11,18,21H,4,10H2,1-3H3. The van der Waals surface area contributed by atoms with E-state index in [4.69, 9.17) is 11.6 Å². The third kappa shape index (κ3) is 4.57. The van der Waals surface area contributed by atoms with Crippen LogP contribution in [0.5, 0.6) is 0 Å². The third-order valence-electron chi connectivity index (χ3n) is 3.51. The van der Waals surface area contributed by atoms with Gasteiger partial charge < -0.3 is 5.32 Å². The van der Waals surface area contributed by atoms with Gasteiger partial charge in [0.2, 0.25) is 0 Å². The fourth-order valence-corrected chi connectivity index (χ4v) is 3.55. The number of likely N-dealkylation sites (N-methyl/N-ethyl adjacent to an activating group) is 1. The Bertz CT molecular complexity index is 604. The maximum atomic E-state index is 6.42. The van der Waals surface area contributed by atoms with Gasteiger partial charge in [-0.05, 0) is 50.1 Å². The van der Waals surface area contributed by atoms with Crippen molar-refractivity contribution >= 4 is 27.5 Å². The number of benzene rings is 2. The highest BCUT2D eigenvalue weighted by molar-refractivity contribution is 9.10. The average molecular weight is 367 g/mol. The quantitative estimate of drug-likeness (QED) is 0.725. The van der Waals surface area contributed by atoms with Crippen LogP contribution in [0.25, 0.3) is 0 Å². The van der Waals surface area contributed by atoms with E-state index in [2.05, 4.69) is 66.3 Å². The van der Waals surface area contributed by atoms with Gasteiger partial charge in [-0.1, -0.05) is 69.8 Å². The Morgan fingerprint density at radius 1 is 1.10 bits per heavy atom. The van der Waals surface area contributed by atoms with Crippen molar-refractivity contribution in [1.82, 2.24) is 5.32 Å². The summed E-state index contributed by atoms with van der Waals surface area (Å²) in [5.74, 6) is 0. The van der Waals surface area contributed by atoms with Crippen LogP contribution in [0.4, 0.5) is 0 Å². The van der Waals surface area contributed by atoms with Gasteiger partial charge in [0.05, 0.1) is 0 Å². The molecule has 3 heteroatoms. The van der Waals surface area contributed by atoms with E-state index in [1.54, 1.807) is 0 Å². The Balaban J connectivity index is 2.30. The van der Waals surface area contributed by atoms with Gasteiger partial charge in [0, 0.05) is 15.5 Å². The van der Waals surface area contributed by atoms with Crippen LogP contribution in [0.15, 0.2) is 40.9 Å². The van der Waals surface area contributed by atoms with Gasteiger partial charge in [-0.2, -0.15) is 0 Å². The van der Waals surface area contributed by atoms with Gasteiger partial charge in [-0.3, -0.25) is 0 Å². The summed E-state index contributed by atoms with van der Waals surface area (Å²) in [4.78, 5) is 0. The lowest BCUT2D eigenvalue weighted by Crippen LogP contribution is -2.23. The summed E-state index contributed by atoms with van der Waals surface area (Å²) in [6.45, 7) is 7.33. The molecule has 2 aromatic rings. The van der Waals surface area contributed by atoms with E-state index in [0.717, 1.165) is 28.0 Å². The molecule has 2 aromatic carbocycles. The summed E-state index contributed by atoms with van der Waals surface area (Å²) in [5.41, 5.74) is 5.11. The molecule has 1 unspecified atom stereocenters. The SMILES string of the molecule is CCNC(Cc1cc(C)cc(C)c1)c1ccc(Br)cc1Cl. The van der Waals surface area contributed by atoms with Crippen LogP contribution in [-0.2, 0) is 6.42 Å². The van der Waals surface area contributed by atoms with Gasteiger partial charge >= 0.3 is 0 Å². The Morgan fingerprint density at radius 2 is 1.76 bits per heavy atom. The van der Waals surface area contributed by atoms with Crippen LogP contribution in [0, 0.1) is 13.8 Å². The first kappa shape index (κ1) is 16.5. The molecule has 0 bridgehead atoms. The van der Waals surface area contributed by atoms with Gasteiger partial charge in [-0.15, -0.1) is 0 Å². The Labute approximate surface area is 140 Å². The minimum Gasteiger partial charge on any atom is -0.310 e. The molecule has 0 aliphatic rings. The fraction of sp³-hybridized carbons (Fsp3) is 0.333. The molecular weight excluding hydrogens is 346 g/mol. The second-order valence-electron chi connectivity index (χ2n) is 5.48. The highest BCUT2D eigenvalue weighted by Crippen LogP contribution is 2.29. The summed E-state index contributed by atoms with van der Waals surface area (Å²) < 4.78 is 1.01. The number of hydrogen-bond donors (Lipinski definition) is 1. The molecule has 21 heavy (non-hydrogen) atoms. The van der Waals surface area contributed by atoms with Crippen LogP contribution in [0.2, 0.25) is 5.02 Å². The zero-order chi connectivity index (χ0) is 15.4. The average Bonchev–Trinajstić information content (AvgIpc) is 2.37. The first-order valence-corrected chi connectivity index (χ1v) is 8.42. The lowest BCUT2D eigenvalue weighted by atomic mass is 9.96. The van der Waals surface area contributed by atoms with Crippen molar-refractivity contribution in [2.24, 2.45) is 0 Å². The monoisotopic (exact) mass is 365 g/mol. The molecule has 1 atom stereocenters. The zero-order valence-corrected chi connectivity index (χ0v) is 15.1. The van der Waals surface area contributed by atoms with Crippen LogP contribution in [-0.4, -0.2) is 6.54 Å². The smallest absolute Gasteiger partial charge is 0.0465 e. The number of nitrogens with one attached hydrogen (secondary N) is 1. The Morgan fingerprint density at radius 3 is 2.33 bits per heavy atom. The Kier molecular flexibility index (Phi) is 5.86. The lowest BCUT2D eigenvalue weighted by Gasteiger charge is -2.20. The first-order valence-electron chi connectivity index (χ1n) is 7.25. The van der Waals surface area contributed by atoms with E-state index >= 15 is 0 Å². The van der Waals surface area contributed by atoms with Gasteiger partial charge in [0.1, 0.15) is 0 Å². The van der Waals surface area contributed by atoms with Crippen molar-refractivity contribution in [3.8, 4) is 0 Å². The molecule has 0 aliphatic heterocycles. The molecule has 0 fully saturated rings. The first-order chi connectivity index (χ1) is 9.99. The van der Waals surface area contributed by atoms with Gasteiger partial charge in [0.15, 0.2) is 0 Å². The second kappa shape index (κ2) is 7.44. The second-order valence-corrected chi connectivity index (χ2v) is 6.80. The number of aryl methyl sites for hydroxylation is 2. The van der Waals surface area contributed by atoms with Crippen molar-refractivity contribution in [3.05, 3.63) is 68.1 Å². The van der Waals surface area contributed by atoms with E-state index in [-0.39, 0.29) is 6.04 Å². The molecule has 0 heterocycles. The highest BCUT2D eigenvalue weighted by atomic mass is 79.9. The Hall–Kier alpha value is -0.830. The lowest BCUT2D eigenvalue weighted by molar-refractivity contribution is 0.549. The molecule has 0 amide bonds. The maximum absolute atomic E-state index is 6.42. The van der Waals surface area contributed by atoms with Crippen molar-refractivity contribution < 1.29 is 0 Å². The molecule has 1 N–H and O–H groups in total. The van der Waals surface area contributed by atoms with E-state index in [9.17, 15) is 0 Å². The predicted molar refractivity (Wildman–Crippen MR) is 95.2 cm³/mol. The van der Waals surface area contributed by atoms with Crippen LogP contribution < -0.4 is 5.32 Å².